The van der Waals surface area contributed by atoms with E-state index in [1.165, 1.54) is 0 Å². The molecule has 0 saturated carbocycles. The third kappa shape index (κ3) is 5.86. The van der Waals surface area contributed by atoms with Gasteiger partial charge in [-0.2, -0.15) is 0 Å². The van der Waals surface area contributed by atoms with Crippen molar-refractivity contribution in [1.82, 2.24) is 15.2 Å². The Morgan fingerprint density at radius 2 is 1.92 bits per heavy atom. The van der Waals surface area contributed by atoms with Crippen molar-refractivity contribution in [2.75, 3.05) is 33.0 Å². The Hall–Kier alpha value is -3.00. The summed E-state index contributed by atoms with van der Waals surface area (Å²) < 4.78 is 16.8. The normalized spacial score (nSPS) is 16.5. The number of nitrogens with zero attached hydrogens (tertiary/aromatic N) is 2. The number of hydrogen-bond acceptors (Lipinski definition) is 6. The summed E-state index contributed by atoms with van der Waals surface area (Å²) in [5, 5.41) is 4.32. The molecule has 0 bridgehead atoms. The maximum Gasteiger partial charge on any atom is 0.231 e. The van der Waals surface area contributed by atoms with Crippen LogP contribution in [-0.4, -0.2) is 48.8 Å². The number of fused-ring (bicyclic) bond motifs is 1. The molecule has 3 heterocycles. The zero-order valence-corrected chi connectivity index (χ0v) is 21.2. The van der Waals surface area contributed by atoms with Crippen molar-refractivity contribution in [2.24, 2.45) is 5.92 Å². The minimum absolute atomic E-state index is 0.0344. The lowest BCUT2D eigenvalue weighted by atomic mass is 9.94. The molecule has 36 heavy (non-hydrogen) atoms. The van der Waals surface area contributed by atoms with Crippen LogP contribution in [0.5, 0.6) is 17.2 Å². The highest BCUT2D eigenvalue weighted by atomic mass is 35.5. The van der Waals surface area contributed by atoms with Gasteiger partial charge >= 0.3 is 0 Å². The number of aromatic nitrogens is 1. The number of hydrogen-bond donors (Lipinski definition) is 1. The van der Waals surface area contributed by atoms with Gasteiger partial charge in [0.1, 0.15) is 12.4 Å². The first-order valence-electron chi connectivity index (χ1n) is 12.0. The SMILES string of the molecule is O=C(NC(c1ccc2c(c1)OCO2)c1ccccn1)C1CCN(CCOc2ccc(Cl)cc2Cl)CC1. The maximum absolute atomic E-state index is 13.3. The Morgan fingerprint density at radius 3 is 2.69 bits per heavy atom. The van der Waals surface area contributed by atoms with Crippen molar-refractivity contribution in [3.8, 4) is 17.2 Å². The van der Waals surface area contributed by atoms with Gasteiger partial charge < -0.3 is 19.5 Å². The lowest BCUT2D eigenvalue weighted by Crippen LogP contribution is -2.42. The molecule has 3 aromatic rings. The van der Waals surface area contributed by atoms with Crippen molar-refractivity contribution >= 4 is 29.1 Å². The van der Waals surface area contributed by atoms with Crippen molar-refractivity contribution in [1.29, 1.82) is 0 Å². The molecule has 0 spiro atoms. The number of ether oxygens (including phenoxy) is 3. The maximum atomic E-state index is 13.3. The van der Waals surface area contributed by atoms with E-state index in [2.05, 4.69) is 15.2 Å². The second-order valence-corrected chi connectivity index (χ2v) is 9.69. The summed E-state index contributed by atoms with van der Waals surface area (Å²) in [7, 11) is 0. The molecular weight excluding hydrogens is 501 g/mol. The van der Waals surface area contributed by atoms with Crippen LogP contribution in [0.1, 0.15) is 30.1 Å². The molecule has 1 amide bonds. The van der Waals surface area contributed by atoms with Crippen LogP contribution in [0, 0.1) is 5.92 Å². The number of rotatable bonds is 8. The van der Waals surface area contributed by atoms with Gasteiger partial charge in [-0.3, -0.25) is 14.7 Å². The predicted molar refractivity (Wildman–Crippen MR) is 138 cm³/mol. The molecule has 2 aliphatic rings. The number of carbonyl (C=O) groups excluding carboxylic acids is 1. The van der Waals surface area contributed by atoms with E-state index in [1.807, 2.05) is 36.4 Å². The first-order chi connectivity index (χ1) is 17.6. The van der Waals surface area contributed by atoms with Gasteiger partial charge in [0.2, 0.25) is 12.7 Å². The van der Waals surface area contributed by atoms with Gasteiger partial charge in [0.25, 0.3) is 0 Å². The number of likely N-dealkylation sites (tertiary alicyclic amines) is 1. The van der Waals surface area contributed by atoms with Crippen LogP contribution in [0.3, 0.4) is 0 Å². The summed E-state index contributed by atoms with van der Waals surface area (Å²) in [5.74, 6) is 1.98. The zero-order valence-electron chi connectivity index (χ0n) is 19.7. The molecular formula is C27H27Cl2N3O4. The summed E-state index contributed by atoms with van der Waals surface area (Å²) in [6.45, 7) is 3.14. The lowest BCUT2D eigenvalue weighted by molar-refractivity contribution is -0.127. The van der Waals surface area contributed by atoms with E-state index in [1.54, 1.807) is 24.4 Å². The number of amides is 1. The summed E-state index contributed by atoms with van der Waals surface area (Å²) in [6.07, 6.45) is 3.30. The van der Waals surface area contributed by atoms with Crippen LogP contribution in [0.25, 0.3) is 0 Å². The molecule has 1 fully saturated rings. The van der Waals surface area contributed by atoms with Gasteiger partial charge in [0.15, 0.2) is 11.5 Å². The summed E-state index contributed by atoms with van der Waals surface area (Å²) in [4.78, 5) is 20.1. The molecule has 2 aromatic carbocycles. The first kappa shape index (κ1) is 24.7. The van der Waals surface area contributed by atoms with E-state index >= 15 is 0 Å². The van der Waals surface area contributed by atoms with E-state index in [9.17, 15) is 4.79 Å². The second kappa shape index (κ2) is 11.4. The highest BCUT2D eigenvalue weighted by Gasteiger charge is 2.28. The molecule has 1 unspecified atom stereocenters. The zero-order chi connectivity index (χ0) is 24.9. The van der Waals surface area contributed by atoms with Gasteiger partial charge in [0, 0.05) is 23.7 Å². The van der Waals surface area contributed by atoms with E-state index in [-0.39, 0.29) is 24.7 Å². The van der Waals surface area contributed by atoms with E-state index < -0.39 is 0 Å². The minimum atomic E-state index is -0.372. The molecule has 188 valence electrons. The monoisotopic (exact) mass is 527 g/mol. The highest BCUT2D eigenvalue weighted by Crippen LogP contribution is 2.35. The van der Waals surface area contributed by atoms with E-state index in [4.69, 9.17) is 37.4 Å². The molecule has 7 nitrogen and oxygen atoms in total. The third-order valence-electron chi connectivity index (χ3n) is 6.52. The van der Waals surface area contributed by atoms with Gasteiger partial charge in [-0.05, 0) is 74.0 Å². The standard InChI is InChI=1S/C27H27Cl2N3O4/c28-20-5-7-23(21(29)16-20)34-14-13-32-11-8-18(9-12-32)27(33)31-26(22-3-1-2-10-30-22)19-4-6-24-25(15-19)36-17-35-24/h1-7,10,15-16,18,26H,8-9,11-14,17H2,(H,31,33). The molecule has 1 N–H and O–H groups in total. The van der Waals surface area contributed by atoms with Crippen molar-refractivity contribution in [2.45, 2.75) is 18.9 Å². The average Bonchev–Trinajstić information content (AvgIpc) is 3.37. The van der Waals surface area contributed by atoms with Gasteiger partial charge in [0.05, 0.1) is 16.8 Å². The topological polar surface area (TPSA) is 72.9 Å². The third-order valence-corrected chi connectivity index (χ3v) is 7.05. The van der Waals surface area contributed by atoms with Crippen LogP contribution in [0.2, 0.25) is 10.0 Å². The van der Waals surface area contributed by atoms with Crippen molar-refractivity contribution in [3.05, 3.63) is 82.1 Å². The highest BCUT2D eigenvalue weighted by molar-refractivity contribution is 6.35. The number of nitrogens with one attached hydrogen (secondary N) is 1. The Kier molecular flexibility index (Phi) is 7.80. The summed E-state index contributed by atoms with van der Waals surface area (Å²) >= 11 is 12.1. The van der Waals surface area contributed by atoms with Gasteiger partial charge in [-0.1, -0.05) is 35.3 Å². The Morgan fingerprint density at radius 1 is 1.08 bits per heavy atom. The molecule has 2 aliphatic heterocycles. The molecule has 0 aliphatic carbocycles. The number of piperidine rings is 1. The fraction of sp³-hybridized carbons (Fsp3) is 0.333. The van der Waals surface area contributed by atoms with Crippen LogP contribution < -0.4 is 19.5 Å². The summed E-state index contributed by atoms with van der Waals surface area (Å²) in [6, 6.07) is 16.3. The largest absolute Gasteiger partial charge is 0.491 e. The number of benzene rings is 2. The molecule has 1 atom stereocenters. The Balaban J connectivity index is 1.16. The minimum Gasteiger partial charge on any atom is -0.491 e. The predicted octanol–water partition coefficient (Wildman–Crippen LogP) is 5.11. The molecule has 1 aromatic heterocycles. The van der Waals surface area contributed by atoms with Gasteiger partial charge in [-0.25, -0.2) is 0 Å². The number of halogens is 2. The lowest BCUT2D eigenvalue weighted by Gasteiger charge is -2.32. The quantitative estimate of drug-likeness (QED) is 0.438. The van der Waals surface area contributed by atoms with Crippen LogP contribution in [0.4, 0.5) is 0 Å². The second-order valence-electron chi connectivity index (χ2n) is 8.85. The van der Waals surface area contributed by atoms with E-state index in [0.29, 0.717) is 33.9 Å². The van der Waals surface area contributed by atoms with Gasteiger partial charge in [-0.15, -0.1) is 0 Å². The summed E-state index contributed by atoms with van der Waals surface area (Å²) in [5.41, 5.74) is 1.68. The molecule has 5 rings (SSSR count). The number of pyridine rings is 1. The smallest absolute Gasteiger partial charge is 0.231 e. The fourth-order valence-electron chi connectivity index (χ4n) is 4.52. The Bertz CT molecular complexity index is 1200. The van der Waals surface area contributed by atoms with Crippen molar-refractivity contribution < 1.29 is 19.0 Å². The first-order valence-corrected chi connectivity index (χ1v) is 12.7. The average molecular weight is 528 g/mol. The molecule has 0 radical (unpaired) electrons. The van der Waals surface area contributed by atoms with Crippen LogP contribution >= 0.6 is 23.2 Å². The van der Waals surface area contributed by atoms with Crippen molar-refractivity contribution in [3.63, 3.8) is 0 Å². The molecule has 1 saturated heterocycles. The van der Waals surface area contributed by atoms with E-state index in [0.717, 1.165) is 43.7 Å². The van der Waals surface area contributed by atoms with Crippen LogP contribution in [-0.2, 0) is 4.79 Å². The molecule has 9 heteroatoms. The number of carbonyl (C=O) groups is 1. The Labute approximate surface area is 220 Å². The van der Waals surface area contributed by atoms with Crippen LogP contribution in [0.15, 0.2) is 60.8 Å². The fourth-order valence-corrected chi connectivity index (χ4v) is 4.99.